The topological polar surface area (TPSA) is 113 Å². The van der Waals surface area contributed by atoms with Gasteiger partial charge in [0.1, 0.15) is 0 Å². The smallest absolute Gasteiger partial charge is 0.338 e. The van der Waals surface area contributed by atoms with Crippen LogP contribution in [0.3, 0.4) is 0 Å². The number of carboxylic acids is 1. The first-order chi connectivity index (χ1) is 8.47. The fraction of sp³-hybridized carbons (Fsp3) is 0.364. The van der Waals surface area contributed by atoms with Gasteiger partial charge in [0.05, 0.1) is 22.6 Å². The lowest BCUT2D eigenvalue weighted by atomic mass is 10.1. The van der Waals surface area contributed by atoms with Crippen molar-refractivity contribution in [1.29, 1.82) is 0 Å². The maximum Gasteiger partial charge on any atom is 0.338 e. The molecule has 0 heterocycles. The van der Waals surface area contributed by atoms with Gasteiger partial charge in [-0.15, -0.1) is 0 Å². The summed E-state index contributed by atoms with van der Waals surface area (Å²) >= 11 is 0. The van der Waals surface area contributed by atoms with Gasteiger partial charge in [-0.1, -0.05) is 0 Å². The summed E-state index contributed by atoms with van der Waals surface area (Å²) in [5.41, 5.74) is -0.615. The second-order valence-corrected chi connectivity index (χ2v) is 4.36. The predicted molar refractivity (Wildman–Crippen MR) is 62.7 cm³/mol. The van der Waals surface area contributed by atoms with Gasteiger partial charge in [-0.3, -0.25) is 10.1 Å². The van der Waals surface area contributed by atoms with Crippen LogP contribution in [0.1, 0.15) is 23.2 Å². The number of aliphatic hydroxyl groups is 1. The molecule has 1 aliphatic rings. The third-order valence-electron chi connectivity index (χ3n) is 3.00. The minimum atomic E-state index is -1.24. The van der Waals surface area contributed by atoms with E-state index in [1.807, 2.05) is 0 Å². The van der Waals surface area contributed by atoms with E-state index in [1.165, 1.54) is 12.1 Å². The highest BCUT2D eigenvalue weighted by Crippen LogP contribution is 2.39. The van der Waals surface area contributed by atoms with Crippen LogP contribution in [-0.4, -0.2) is 33.3 Å². The number of carboxylic acid groups (broad SMARTS) is 1. The van der Waals surface area contributed by atoms with Crippen molar-refractivity contribution in [3.05, 3.63) is 33.9 Å². The van der Waals surface area contributed by atoms with E-state index in [0.717, 1.165) is 18.9 Å². The molecule has 18 heavy (non-hydrogen) atoms. The van der Waals surface area contributed by atoms with Crippen LogP contribution in [0.2, 0.25) is 0 Å². The van der Waals surface area contributed by atoms with Gasteiger partial charge < -0.3 is 15.5 Å². The van der Waals surface area contributed by atoms with Crippen molar-refractivity contribution < 1.29 is 19.9 Å². The first kappa shape index (κ1) is 12.3. The molecule has 0 amide bonds. The van der Waals surface area contributed by atoms with Gasteiger partial charge in [-0.2, -0.15) is 0 Å². The molecule has 0 spiro atoms. The third-order valence-corrected chi connectivity index (χ3v) is 3.00. The van der Waals surface area contributed by atoms with Crippen LogP contribution < -0.4 is 5.32 Å². The average molecular weight is 252 g/mol. The second kappa shape index (κ2) is 4.26. The zero-order valence-corrected chi connectivity index (χ0v) is 9.42. The molecule has 96 valence electrons. The lowest BCUT2D eigenvalue weighted by molar-refractivity contribution is -0.384. The fourth-order valence-electron chi connectivity index (χ4n) is 1.69. The zero-order valence-electron chi connectivity index (χ0n) is 9.42. The summed E-state index contributed by atoms with van der Waals surface area (Å²) in [5, 5.41) is 31.7. The van der Waals surface area contributed by atoms with E-state index in [9.17, 15) is 20.0 Å². The van der Waals surface area contributed by atoms with Crippen LogP contribution in [0.5, 0.6) is 0 Å². The van der Waals surface area contributed by atoms with Crippen molar-refractivity contribution >= 4 is 17.3 Å². The van der Waals surface area contributed by atoms with Crippen LogP contribution in [0.25, 0.3) is 0 Å². The molecule has 0 aliphatic heterocycles. The summed E-state index contributed by atoms with van der Waals surface area (Å²) in [6.45, 7) is -0.0942. The Labute approximate surface area is 102 Å². The minimum absolute atomic E-state index is 0.0942. The van der Waals surface area contributed by atoms with E-state index in [2.05, 4.69) is 5.32 Å². The van der Waals surface area contributed by atoms with Gasteiger partial charge >= 0.3 is 5.97 Å². The summed E-state index contributed by atoms with van der Waals surface area (Å²) in [6.07, 6.45) is 1.50. The Morgan fingerprint density at radius 1 is 1.50 bits per heavy atom. The molecule has 7 heteroatoms. The number of nitro benzene ring substituents is 1. The number of nitrogens with zero attached hydrogens (tertiary/aromatic N) is 1. The Kier molecular flexibility index (Phi) is 2.92. The summed E-state index contributed by atoms with van der Waals surface area (Å²) in [4.78, 5) is 21.0. The molecule has 0 atom stereocenters. The molecule has 0 saturated heterocycles. The van der Waals surface area contributed by atoms with Crippen molar-refractivity contribution in [3.8, 4) is 0 Å². The minimum Gasteiger partial charge on any atom is -0.478 e. The summed E-state index contributed by atoms with van der Waals surface area (Å²) in [5.74, 6) is -1.24. The number of carbonyl (C=O) groups is 1. The summed E-state index contributed by atoms with van der Waals surface area (Å²) < 4.78 is 0. The van der Waals surface area contributed by atoms with E-state index < -0.39 is 16.4 Å². The number of rotatable bonds is 5. The molecule has 0 unspecified atom stereocenters. The number of hydrogen-bond donors (Lipinski definition) is 3. The number of non-ortho nitro benzene ring substituents is 1. The van der Waals surface area contributed by atoms with Gasteiger partial charge in [-0.05, 0) is 18.9 Å². The van der Waals surface area contributed by atoms with Crippen LogP contribution in [0.4, 0.5) is 11.4 Å². The van der Waals surface area contributed by atoms with Crippen LogP contribution in [0.15, 0.2) is 18.2 Å². The molecule has 1 fully saturated rings. The number of aromatic carboxylic acids is 1. The van der Waals surface area contributed by atoms with Gasteiger partial charge in [0, 0.05) is 17.8 Å². The SMILES string of the molecule is O=C(O)c1cc([N+](=O)[O-])ccc1NC1(CO)CC1. The second-order valence-electron chi connectivity index (χ2n) is 4.36. The summed E-state index contributed by atoms with van der Waals surface area (Å²) in [7, 11) is 0. The van der Waals surface area contributed by atoms with Gasteiger partial charge in [0.25, 0.3) is 5.69 Å². The van der Waals surface area contributed by atoms with Crippen LogP contribution in [-0.2, 0) is 0 Å². The molecular weight excluding hydrogens is 240 g/mol. The van der Waals surface area contributed by atoms with Crippen molar-refractivity contribution in [2.45, 2.75) is 18.4 Å². The average Bonchev–Trinajstić information content (AvgIpc) is 3.09. The standard InChI is InChI=1S/C11H12N2O5/c14-6-11(3-4-11)12-9-2-1-7(13(17)18)5-8(9)10(15)16/h1-2,5,12,14H,3-4,6H2,(H,15,16). The Hall–Kier alpha value is -2.15. The number of aliphatic hydroxyl groups excluding tert-OH is 1. The monoisotopic (exact) mass is 252 g/mol. The van der Waals surface area contributed by atoms with Gasteiger partial charge in [0.2, 0.25) is 0 Å². The maximum atomic E-state index is 11.1. The van der Waals surface area contributed by atoms with Crippen LogP contribution in [0, 0.1) is 10.1 Å². The van der Waals surface area contributed by atoms with E-state index in [0.29, 0.717) is 5.69 Å². The largest absolute Gasteiger partial charge is 0.478 e. The zero-order chi connectivity index (χ0) is 13.3. The fourth-order valence-corrected chi connectivity index (χ4v) is 1.69. The Morgan fingerprint density at radius 2 is 2.17 bits per heavy atom. The highest BCUT2D eigenvalue weighted by atomic mass is 16.6. The van der Waals surface area contributed by atoms with Crippen LogP contribution >= 0.6 is 0 Å². The van der Waals surface area contributed by atoms with E-state index in [-0.39, 0.29) is 17.9 Å². The molecule has 1 aromatic carbocycles. The molecular formula is C11H12N2O5. The van der Waals surface area contributed by atoms with Crippen molar-refractivity contribution in [2.24, 2.45) is 0 Å². The molecule has 1 aromatic rings. The molecule has 0 radical (unpaired) electrons. The molecule has 0 aromatic heterocycles. The Morgan fingerprint density at radius 3 is 2.61 bits per heavy atom. The molecule has 0 bridgehead atoms. The van der Waals surface area contributed by atoms with Crippen molar-refractivity contribution in [3.63, 3.8) is 0 Å². The molecule has 3 N–H and O–H groups in total. The molecule has 2 rings (SSSR count). The van der Waals surface area contributed by atoms with Gasteiger partial charge in [0.15, 0.2) is 0 Å². The quantitative estimate of drug-likeness (QED) is 0.536. The number of nitrogens with one attached hydrogen (secondary N) is 1. The van der Waals surface area contributed by atoms with Gasteiger partial charge in [-0.25, -0.2) is 4.79 Å². The Bertz CT molecular complexity index is 510. The molecule has 7 nitrogen and oxygen atoms in total. The first-order valence-corrected chi connectivity index (χ1v) is 5.38. The lowest BCUT2D eigenvalue weighted by Crippen LogP contribution is -2.26. The lowest BCUT2D eigenvalue weighted by Gasteiger charge is -2.17. The predicted octanol–water partition coefficient (Wildman–Crippen LogP) is 1.23. The van der Waals surface area contributed by atoms with E-state index in [4.69, 9.17) is 5.11 Å². The van der Waals surface area contributed by atoms with E-state index >= 15 is 0 Å². The number of hydrogen-bond acceptors (Lipinski definition) is 5. The number of anilines is 1. The van der Waals surface area contributed by atoms with Crippen molar-refractivity contribution in [1.82, 2.24) is 0 Å². The number of nitro groups is 1. The number of benzene rings is 1. The molecule has 1 saturated carbocycles. The van der Waals surface area contributed by atoms with Crippen molar-refractivity contribution in [2.75, 3.05) is 11.9 Å². The molecule has 1 aliphatic carbocycles. The highest BCUT2D eigenvalue weighted by molar-refractivity contribution is 5.95. The summed E-state index contributed by atoms with van der Waals surface area (Å²) in [6, 6.07) is 3.61. The van der Waals surface area contributed by atoms with E-state index in [1.54, 1.807) is 0 Å². The first-order valence-electron chi connectivity index (χ1n) is 5.38. The normalized spacial score (nSPS) is 16.1. The maximum absolute atomic E-state index is 11.1. The third kappa shape index (κ3) is 2.25. The Balaban J connectivity index is 2.35. The highest BCUT2D eigenvalue weighted by Gasteiger charge is 2.42.